The van der Waals surface area contributed by atoms with Crippen LogP contribution in [0.5, 0.6) is 0 Å². The van der Waals surface area contributed by atoms with Gasteiger partial charge in [-0.25, -0.2) is 4.79 Å². The maximum atomic E-state index is 14.2. The van der Waals surface area contributed by atoms with Gasteiger partial charge in [0.1, 0.15) is 11.4 Å². The molecule has 4 rings (SSSR count). The monoisotopic (exact) mass is 454 g/mol. The van der Waals surface area contributed by atoms with Crippen LogP contribution in [0.2, 0.25) is 0 Å². The van der Waals surface area contributed by atoms with Crippen LogP contribution < -0.4 is 9.80 Å². The first kappa shape index (κ1) is 22.2. The molecule has 0 spiro atoms. The maximum Gasteiger partial charge on any atom is 0.338 e. The molecule has 9 nitrogen and oxygen atoms in total. The second-order valence-electron chi connectivity index (χ2n) is 7.12. The van der Waals surface area contributed by atoms with Crippen LogP contribution in [0, 0.1) is 20.2 Å². The Kier molecular flexibility index (Phi) is 6.26. The van der Waals surface area contributed by atoms with Gasteiger partial charge in [-0.15, -0.1) is 0 Å². The van der Waals surface area contributed by atoms with Crippen molar-refractivity contribution in [2.24, 2.45) is 0 Å². The Labute approximate surface area is 194 Å². The van der Waals surface area contributed by atoms with Crippen LogP contribution >= 0.6 is 0 Å². The molecule has 4 aromatic rings. The van der Waals surface area contributed by atoms with Crippen LogP contribution in [0.1, 0.15) is 0 Å². The van der Waals surface area contributed by atoms with Gasteiger partial charge < -0.3 is 0 Å². The number of benzene rings is 4. The third-order valence-electron chi connectivity index (χ3n) is 5.05. The lowest BCUT2D eigenvalue weighted by Gasteiger charge is -2.30. The van der Waals surface area contributed by atoms with Crippen LogP contribution in [0.4, 0.5) is 38.9 Å². The number of nitro benzene ring substituents is 2. The number of hydrogen-bond donors (Lipinski definition) is 0. The molecule has 0 aliphatic carbocycles. The second kappa shape index (κ2) is 9.61. The lowest BCUT2D eigenvalue weighted by atomic mass is 10.2. The first-order valence-electron chi connectivity index (χ1n) is 10.2. The van der Waals surface area contributed by atoms with Crippen molar-refractivity contribution in [2.75, 3.05) is 9.80 Å². The van der Waals surface area contributed by atoms with E-state index in [1.54, 1.807) is 72.8 Å². The largest absolute Gasteiger partial charge is 0.338 e. The van der Waals surface area contributed by atoms with E-state index in [1.807, 2.05) is 0 Å². The molecule has 4 aromatic carbocycles. The summed E-state index contributed by atoms with van der Waals surface area (Å²) >= 11 is 0. The summed E-state index contributed by atoms with van der Waals surface area (Å²) < 4.78 is 0. The van der Waals surface area contributed by atoms with Gasteiger partial charge in [-0.2, -0.15) is 0 Å². The Morgan fingerprint density at radius 2 is 0.853 bits per heavy atom. The Bertz CT molecular complexity index is 1240. The smallest absolute Gasteiger partial charge is 0.258 e. The highest BCUT2D eigenvalue weighted by molar-refractivity contribution is 6.14. The number of carbonyl (C=O) groups excluding carboxylic acids is 1. The molecule has 34 heavy (non-hydrogen) atoms. The maximum absolute atomic E-state index is 14.2. The van der Waals surface area contributed by atoms with Gasteiger partial charge in [0.2, 0.25) is 0 Å². The van der Waals surface area contributed by atoms with Crippen molar-refractivity contribution in [2.45, 2.75) is 0 Å². The van der Waals surface area contributed by atoms with E-state index in [0.717, 1.165) is 0 Å². The molecule has 0 unspecified atom stereocenters. The molecular formula is C25H18N4O5. The standard InChI is InChI=1S/C25H18N4O5/c30-25(26(19-11-3-1-4-12-19)21-15-7-9-17-23(21)28(31)32)27(20-13-5-2-6-14-20)22-16-8-10-18-24(22)29(33)34/h1-18H. The van der Waals surface area contributed by atoms with Gasteiger partial charge in [0, 0.05) is 12.1 Å². The summed E-state index contributed by atoms with van der Waals surface area (Å²) in [4.78, 5) is 39.0. The Hall–Kier alpha value is -5.05. The fourth-order valence-electron chi connectivity index (χ4n) is 3.57. The normalized spacial score (nSPS) is 10.4. The van der Waals surface area contributed by atoms with Gasteiger partial charge in [-0.05, 0) is 36.4 Å². The highest BCUT2D eigenvalue weighted by Crippen LogP contribution is 2.39. The first-order chi connectivity index (χ1) is 16.5. The summed E-state index contributed by atoms with van der Waals surface area (Å²) in [6, 6.07) is 27.8. The number of carbonyl (C=O) groups is 1. The van der Waals surface area contributed by atoms with E-state index in [4.69, 9.17) is 0 Å². The molecule has 0 fully saturated rings. The van der Waals surface area contributed by atoms with Gasteiger partial charge in [-0.3, -0.25) is 30.0 Å². The zero-order valence-electron chi connectivity index (χ0n) is 17.7. The summed E-state index contributed by atoms with van der Waals surface area (Å²) in [5, 5.41) is 23.6. The van der Waals surface area contributed by atoms with Crippen LogP contribution in [-0.4, -0.2) is 15.9 Å². The number of hydrogen-bond acceptors (Lipinski definition) is 5. The highest BCUT2D eigenvalue weighted by Gasteiger charge is 2.33. The molecule has 0 aromatic heterocycles. The minimum Gasteiger partial charge on any atom is -0.258 e. The van der Waals surface area contributed by atoms with E-state index in [2.05, 4.69) is 0 Å². The van der Waals surface area contributed by atoms with Gasteiger partial charge >= 0.3 is 6.03 Å². The SMILES string of the molecule is O=C(N(c1ccccc1)c1ccccc1[N+](=O)[O-])N(c1ccccc1)c1ccccc1[N+](=O)[O-]. The molecule has 0 saturated heterocycles. The van der Waals surface area contributed by atoms with Crippen molar-refractivity contribution in [1.29, 1.82) is 0 Å². The number of nitro groups is 2. The Morgan fingerprint density at radius 1 is 0.529 bits per heavy atom. The van der Waals surface area contributed by atoms with E-state index in [-0.39, 0.29) is 22.7 Å². The van der Waals surface area contributed by atoms with Crippen molar-refractivity contribution in [3.05, 3.63) is 129 Å². The summed E-state index contributed by atoms with van der Waals surface area (Å²) in [7, 11) is 0. The third-order valence-corrected chi connectivity index (χ3v) is 5.05. The molecule has 168 valence electrons. The lowest BCUT2D eigenvalue weighted by Crippen LogP contribution is -2.38. The van der Waals surface area contributed by atoms with Crippen molar-refractivity contribution < 1.29 is 14.6 Å². The second-order valence-corrected chi connectivity index (χ2v) is 7.12. The third kappa shape index (κ3) is 4.30. The van der Waals surface area contributed by atoms with E-state index in [0.29, 0.717) is 11.4 Å². The minimum absolute atomic E-state index is 0.0308. The van der Waals surface area contributed by atoms with E-state index in [1.165, 1.54) is 46.2 Å². The van der Waals surface area contributed by atoms with E-state index >= 15 is 0 Å². The molecule has 9 heteroatoms. The van der Waals surface area contributed by atoms with Crippen molar-refractivity contribution in [1.82, 2.24) is 0 Å². The molecule has 0 bridgehead atoms. The Morgan fingerprint density at radius 3 is 1.21 bits per heavy atom. The van der Waals surface area contributed by atoms with Gasteiger partial charge in [-0.1, -0.05) is 60.7 Å². The Balaban J connectivity index is 1.98. The average Bonchev–Trinajstić information content (AvgIpc) is 2.86. The molecule has 0 heterocycles. The summed E-state index contributed by atoms with van der Waals surface area (Å²) in [6.45, 7) is 0. The van der Waals surface area contributed by atoms with Gasteiger partial charge in [0.05, 0.1) is 21.2 Å². The zero-order valence-corrected chi connectivity index (χ0v) is 17.7. The van der Waals surface area contributed by atoms with Crippen LogP contribution in [0.15, 0.2) is 109 Å². The molecule has 0 aliphatic heterocycles. The number of para-hydroxylation sites is 6. The molecule has 0 aliphatic rings. The van der Waals surface area contributed by atoms with Gasteiger partial charge in [0.25, 0.3) is 11.4 Å². The fraction of sp³-hybridized carbons (Fsp3) is 0. The molecular weight excluding hydrogens is 436 g/mol. The van der Waals surface area contributed by atoms with Crippen molar-refractivity contribution >= 4 is 40.2 Å². The van der Waals surface area contributed by atoms with E-state index in [9.17, 15) is 25.0 Å². The molecule has 2 amide bonds. The molecule has 0 atom stereocenters. The number of amides is 2. The van der Waals surface area contributed by atoms with Crippen molar-refractivity contribution in [3.8, 4) is 0 Å². The molecule has 0 saturated carbocycles. The zero-order chi connectivity index (χ0) is 24.1. The number of nitrogens with zero attached hydrogens (tertiary/aromatic N) is 4. The number of rotatable bonds is 6. The molecule has 0 radical (unpaired) electrons. The predicted octanol–water partition coefficient (Wildman–Crippen LogP) is 6.60. The fourth-order valence-corrected chi connectivity index (χ4v) is 3.57. The number of anilines is 4. The summed E-state index contributed by atoms with van der Waals surface area (Å²) in [5.41, 5.74) is 0.222. The van der Waals surface area contributed by atoms with Gasteiger partial charge in [0.15, 0.2) is 0 Å². The predicted molar refractivity (Wildman–Crippen MR) is 129 cm³/mol. The van der Waals surface area contributed by atoms with Crippen LogP contribution in [0.25, 0.3) is 0 Å². The summed E-state index contributed by atoms with van der Waals surface area (Å²) in [6.07, 6.45) is 0. The van der Waals surface area contributed by atoms with Crippen LogP contribution in [0.3, 0.4) is 0 Å². The van der Waals surface area contributed by atoms with Crippen LogP contribution in [-0.2, 0) is 0 Å². The minimum atomic E-state index is -0.721. The molecule has 0 N–H and O–H groups in total. The first-order valence-corrected chi connectivity index (χ1v) is 10.2. The number of urea groups is 1. The highest BCUT2D eigenvalue weighted by atomic mass is 16.6. The quantitative estimate of drug-likeness (QED) is 0.241. The van der Waals surface area contributed by atoms with E-state index < -0.39 is 15.9 Å². The average molecular weight is 454 g/mol. The van der Waals surface area contributed by atoms with Crippen molar-refractivity contribution in [3.63, 3.8) is 0 Å². The lowest BCUT2D eigenvalue weighted by molar-refractivity contribution is -0.384. The topological polar surface area (TPSA) is 110 Å². The summed E-state index contributed by atoms with van der Waals surface area (Å²) in [5.74, 6) is 0.